The molecule has 0 spiro atoms. The first kappa shape index (κ1) is 33.1. The third-order valence-corrected chi connectivity index (χ3v) is 6.83. The van der Waals surface area contributed by atoms with Crippen molar-refractivity contribution in [2.75, 3.05) is 45.9 Å². The van der Waals surface area contributed by atoms with Gasteiger partial charge in [-0.25, -0.2) is 4.79 Å². The highest BCUT2D eigenvalue weighted by molar-refractivity contribution is 8.93. The highest BCUT2D eigenvalue weighted by Crippen LogP contribution is 2.40. The number of anilines is 1. The first-order valence-corrected chi connectivity index (χ1v) is 13.2. The standard InChI is InChI=1S/C30H41N3O6.BrH/c1-9-25(37-8)21-14-20-19(13-26(21)38-10-2)15-33(29(20)31)16-24(34)18-11-22(30(3,4)5)28(39-17-27(35)36)23(12-18)32(6)7;/h11-14,25,31H,9-10,15-17H2,1-8H3,(H,35,36);1H. The Kier molecular flexibility index (Phi) is 11.2. The van der Waals surface area contributed by atoms with E-state index in [1.54, 1.807) is 24.1 Å². The maximum atomic E-state index is 13.6. The lowest BCUT2D eigenvalue weighted by Crippen LogP contribution is -2.30. The van der Waals surface area contributed by atoms with Gasteiger partial charge in [-0.05, 0) is 48.6 Å². The first-order valence-electron chi connectivity index (χ1n) is 13.2. The summed E-state index contributed by atoms with van der Waals surface area (Å²) < 4.78 is 17.3. The van der Waals surface area contributed by atoms with Gasteiger partial charge in [0.15, 0.2) is 12.4 Å². The van der Waals surface area contributed by atoms with Crippen LogP contribution in [0.2, 0.25) is 0 Å². The Bertz CT molecular complexity index is 1250. The number of nitrogens with one attached hydrogen (secondary N) is 1. The Morgan fingerprint density at radius 3 is 2.33 bits per heavy atom. The summed E-state index contributed by atoms with van der Waals surface area (Å²) >= 11 is 0. The molecule has 0 saturated carbocycles. The second-order valence-corrected chi connectivity index (χ2v) is 10.9. The predicted octanol–water partition coefficient (Wildman–Crippen LogP) is 5.61. The van der Waals surface area contributed by atoms with Crippen LogP contribution in [-0.2, 0) is 21.5 Å². The van der Waals surface area contributed by atoms with E-state index in [0.29, 0.717) is 36.0 Å². The lowest BCUT2D eigenvalue weighted by atomic mass is 9.84. The van der Waals surface area contributed by atoms with Crippen LogP contribution in [0.1, 0.15) is 79.8 Å². The number of nitrogens with zero attached hydrogens (tertiary/aromatic N) is 2. The molecule has 1 aliphatic heterocycles. The van der Waals surface area contributed by atoms with Crippen LogP contribution >= 0.6 is 17.0 Å². The van der Waals surface area contributed by atoms with Crippen molar-refractivity contribution < 1.29 is 28.9 Å². The molecular formula is C30H42BrN3O6. The summed E-state index contributed by atoms with van der Waals surface area (Å²) in [5.74, 6) is 0.275. The molecule has 1 heterocycles. The fourth-order valence-corrected chi connectivity index (χ4v) is 4.84. The van der Waals surface area contributed by atoms with E-state index in [4.69, 9.17) is 19.6 Å². The number of carboxylic acids is 1. The molecule has 1 unspecified atom stereocenters. The van der Waals surface area contributed by atoms with Crippen LogP contribution in [0.25, 0.3) is 0 Å². The summed E-state index contributed by atoms with van der Waals surface area (Å²) in [5.41, 5.74) is 4.06. The van der Waals surface area contributed by atoms with Crippen molar-refractivity contribution in [3.8, 4) is 11.5 Å². The number of amidine groups is 1. The van der Waals surface area contributed by atoms with E-state index in [1.807, 2.05) is 65.7 Å². The van der Waals surface area contributed by atoms with Gasteiger partial charge >= 0.3 is 5.97 Å². The smallest absolute Gasteiger partial charge is 0.341 e. The maximum absolute atomic E-state index is 13.6. The van der Waals surface area contributed by atoms with E-state index >= 15 is 0 Å². The zero-order chi connectivity index (χ0) is 29.1. The monoisotopic (exact) mass is 619 g/mol. The number of carbonyl (C=O) groups excluding carboxylic acids is 1. The van der Waals surface area contributed by atoms with E-state index in [9.17, 15) is 14.7 Å². The minimum Gasteiger partial charge on any atom is -0.493 e. The third-order valence-electron chi connectivity index (χ3n) is 6.83. The molecule has 2 aromatic carbocycles. The van der Waals surface area contributed by atoms with Crippen molar-refractivity contribution >= 4 is 40.3 Å². The minimum absolute atomic E-state index is 0. The Morgan fingerprint density at radius 2 is 1.80 bits per heavy atom. The Morgan fingerprint density at radius 1 is 1.12 bits per heavy atom. The average Bonchev–Trinajstić information content (AvgIpc) is 3.16. The molecule has 40 heavy (non-hydrogen) atoms. The average molecular weight is 621 g/mol. The number of ketones is 1. The summed E-state index contributed by atoms with van der Waals surface area (Å²) in [7, 11) is 5.32. The number of Topliss-reactive ketones (excluding diaryl/α,β-unsaturated/α-hetero) is 1. The molecule has 0 radical (unpaired) electrons. The van der Waals surface area contributed by atoms with Crippen LogP contribution in [0.5, 0.6) is 11.5 Å². The maximum Gasteiger partial charge on any atom is 0.341 e. The van der Waals surface area contributed by atoms with Crippen LogP contribution in [0.15, 0.2) is 24.3 Å². The minimum atomic E-state index is -1.07. The third kappa shape index (κ3) is 7.14. The Labute approximate surface area is 247 Å². The highest BCUT2D eigenvalue weighted by Gasteiger charge is 2.31. The van der Waals surface area contributed by atoms with Crippen molar-refractivity contribution in [2.45, 2.75) is 59.1 Å². The summed E-state index contributed by atoms with van der Waals surface area (Å²) in [6, 6.07) is 7.44. The van der Waals surface area contributed by atoms with Gasteiger partial charge in [-0.15, -0.1) is 17.0 Å². The molecule has 2 aromatic rings. The summed E-state index contributed by atoms with van der Waals surface area (Å²) in [6.45, 7) is 10.4. The fraction of sp³-hybridized carbons (Fsp3) is 0.500. The van der Waals surface area contributed by atoms with Gasteiger partial charge < -0.3 is 29.1 Å². The molecule has 1 aliphatic rings. The Balaban J connectivity index is 0.00000560. The van der Waals surface area contributed by atoms with E-state index in [0.717, 1.165) is 34.4 Å². The van der Waals surface area contributed by atoms with Crippen molar-refractivity contribution in [1.82, 2.24) is 4.90 Å². The number of aliphatic carboxylic acids is 1. The summed E-state index contributed by atoms with van der Waals surface area (Å²) in [4.78, 5) is 28.4. The number of methoxy groups -OCH3 is 1. The summed E-state index contributed by atoms with van der Waals surface area (Å²) in [5, 5.41) is 18.0. The van der Waals surface area contributed by atoms with Gasteiger partial charge in [-0.2, -0.15) is 0 Å². The molecular weight excluding hydrogens is 578 g/mol. The predicted molar refractivity (Wildman–Crippen MR) is 162 cm³/mol. The molecule has 0 bridgehead atoms. The van der Waals surface area contributed by atoms with Gasteiger partial charge in [0.25, 0.3) is 0 Å². The van der Waals surface area contributed by atoms with E-state index in [2.05, 4.69) is 0 Å². The van der Waals surface area contributed by atoms with Crippen LogP contribution in [0, 0.1) is 5.41 Å². The molecule has 0 saturated heterocycles. The normalized spacial score (nSPS) is 13.4. The number of ether oxygens (including phenoxy) is 3. The number of rotatable bonds is 12. The number of hydrogen-bond acceptors (Lipinski definition) is 7. The fourth-order valence-electron chi connectivity index (χ4n) is 4.84. The lowest BCUT2D eigenvalue weighted by molar-refractivity contribution is -0.139. The largest absolute Gasteiger partial charge is 0.493 e. The molecule has 0 aromatic heterocycles. The second-order valence-electron chi connectivity index (χ2n) is 10.9. The van der Waals surface area contributed by atoms with Gasteiger partial charge in [0.1, 0.15) is 17.3 Å². The lowest BCUT2D eigenvalue weighted by Gasteiger charge is -2.28. The molecule has 2 N–H and O–H groups in total. The van der Waals surface area contributed by atoms with E-state index in [1.165, 1.54) is 0 Å². The molecule has 0 aliphatic carbocycles. The van der Waals surface area contributed by atoms with Gasteiger partial charge in [0.05, 0.1) is 24.9 Å². The van der Waals surface area contributed by atoms with Crippen molar-refractivity contribution in [3.63, 3.8) is 0 Å². The molecule has 3 rings (SSSR count). The van der Waals surface area contributed by atoms with Crippen molar-refractivity contribution in [3.05, 3.63) is 52.1 Å². The summed E-state index contributed by atoms with van der Waals surface area (Å²) in [6.07, 6.45) is 0.615. The van der Waals surface area contributed by atoms with Gasteiger partial charge in [-0.1, -0.05) is 27.7 Å². The zero-order valence-corrected chi connectivity index (χ0v) is 26.4. The SMILES string of the molecule is Br.CCOc1cc2c(cc1C(CC)OC)C(=N)N(CC(=O)c1cc(N(C)C)c(OCC(=O)O)c(C(C)(C)C)c1)C2. The second kappa shape index (κ2) is 13.5. The van der Waals surface area contributed by atoms with Crippen molar-refractivity contribution in [1.29, 1.82) is 5.41 Å². The molecule has 0 amide bonds. The number of carbonyl (C=O) groups is 2. The molecule has 9 nitrogen and oxygen atoms in total. The molecule has 0 fully saturated rings. The van der Waals surface area contributed by atoms with E-state index < -0.39 is 18.0 Å². The van der Waals surface area contributed by atoms with E-state index in [-0.39, 0.29) is 35.4 Å². The van der Waals surface area contributed by atoms with Crippen LogP contribution in [0.3, 0.4) is 0 Å². The number of halogens is 1. The molecule has 10 heteroatoms. The van der Waals surface area contributed by atoms with Gasteiger partial charge in [0, 0.05) is 50.0 Å². The zero-order valence-electron chi connectivity index (χ0n) is 24.7. The highest BCUT2D eigenvalue weighted by atomic mass is 79.9. The molecule has 220 valence electrons. The number of hydrogen-bond donors (Lipinski definition) is 2. The Hall–Kier alpha value is -3.11. The quantitative estimate of drug-likeness (QED) is 0.295. The first-order chi connectivity index (χ1) is 18.3. The number of fused-ring (bicyclic) bond motifs is 1. The van der Waals surface area contributed by atoms with Crippen LogP contribution in [-0.4, -0.2) is 68.6 Å². The number of benzene rings is 2. The number of carboxylic acid groups (broad SMARTS) is 1. The topological polar surface area (TPSA) is 112 Å². The van der Waals surface area contributed by atoms with Crippen LogP contribution in [0.4, 0.5) is 5.69 Å². The van der Waals surface area contributed by atoms with Gasteiger partial charge in [-0.3, -0.25) is 10.2 Å². The van der Waals surface area contributed by atoms with Crippen molar-refractivity contribution in [2.24, 2.45) is 0 Å². The van der Waals surface area contributed by atoms with Crippen LogP contribution < -0.4 is 14.4 Å². The van der Waals surface area contributed by atoms with Gasteiger partial charge in [0.2, 0.25) is 0 Å². The molecule has 1 atom stereocenters.